The van der Waals surface area contributed by atoms with Gasteiger partial charge in [-0.25, -0.2) is 0 Å². The van der Waals surface area contributed by atoms with Crippen molar-refractivity contribution in [2.45, 2.75) is 39.2 Å². The number of rotatable bonds is 6. The van der Waals surface area contributed by atoms with Gasteiger partial charge in [-0.05, 0) is 36.5 Å². The van der Waals surface area contributed by atoms with E-state index in [-0.39, 0.29) is 6.04 Å². The Hall–Kier alpha value is -0.820. The van der Waals surface area contributed by atoms with Gasteiger partial charge in [-0.15, -0.1) is 16.4 Å². The lowest BCUT2D eigenvalue weighted by atomic mass is 10.1. The minimum Gasteiger partial charge on any atom is -0.271 e. The van der Waals surface area contributed by atoms with E-state index in [0.29, 0.717) is 0 Å². The summed E-state index contributed by atoms with van der Waals surface area (Å²) in [5.41, 5.74) is 3.94. The molecular formula is C12H18N4S2. The molecule has 2 aromatic rings. The molecule has 0 spiro atoms. The molecule has 3 N–H and O–H groups in total. The zero-order valence-electron chi connectivity index (χ0n) is 10.6. The van der Waals surface area contributed by atoms with Crippen LogP contribution in [0.4, 0.5) is 0 Å². The van der Waals surface area contributed by atoms with Gasteiger partial charge in [-0.2, -0.15) is 0 Å². The second-order valence-electron chi connectivity index (χ2n) is 4.08. The molecule has 2 rings (SSSR count). The zero-order valence-corrected chi connectivity index (χ0v) is 12.3. The molecule has 0 saturated heterocycles. The van der Waals surface area contributed by atoms with Crippen LogP contribution in [-0.2, 0) is 19.3 Å². The average molecular weight is 282 g/mol. The average Bonchev–Trinajstić information content (AvgIpc) is 3.04. The molecule has 0 bridgehead atoms. The Morgan fingerprint density at radius 2 is 2.06 bits per heavy atom. The van der Waals surface area contributed by atoms with Crippen LogP contribution in [0.5, 0.6) is 0 Å². The summed E-state index contributed by atoms with van der Waals surface area (Å²) in [7, 11) is 0. The van der Waals surface area contributed by atoms with Crippen LogP contribution in [0.1, 0.15) is 40.2 Å². The SMILES string of the molecule is CCc1ccc(CC(NN)c2snnc2CC)s1. The van der Waals surface area contributed by atoms with Crippen molar-refractivity contribution in [1.29, 1.82) is 0 Å². The Morgan fingerprint density at radius 1 is 1.28 bits per heavy atom. The van der Waals surface area contributed by atoms with Gasteiger partial charge in [-0.1, -0.05) is 18.3 Å². The summed E-state index contributed by atoms with van der Waals surface area (Å²) in [6.45, 7) is 4.27. The first-order valence-electron chi connectivity index (χ1n) is 6.13. The Kier molecular flexibility index (Phi) is 4.82. The molecule has 0 radical (unpaired) electrons. The third-order valence-corrected chi connectivity index (χ3v) is 5.04. The van der Waals surface area contributed by atoms with Crippen molar-refractivity contribution in [3.05, 3.63) is 32.5 Å². The van der Waals surface area contributed by atoms with Gasteiger partial charge in [0.25, 0.3) is 0 Å². The summed E-state index contributed by atoms with van der Waals surface area (Å²) >= 11 is 3.30. The van der Waals surface area contributed by atoms with Crippen LogP contribution < -0.4 is 11.3 Å². The van der Waals surface area contributed by atoms with Gasteiger partial charge in [-0.3, -0.25) is 11.3 Å². The number of hydrogen-bond acceptors (Lipinski definition) is 6. The molecule has 2 heterocycles. The predicted molar refractivity (Wildman–Crippen MR) is 76.8 cm³/mol. The summed E-state index contributed by atoms with van der Waals surface area (Å²) in [6, 6.07) is 4.50. The largest absolute Gasteiger partial charge is 0.271 e. The number of aromatic nitrogens is 2. The molecule has 0 saturated carbocycles. The molecule has 0 fully saturated rings. The van der Waals surface area contributed by atoms with E-state index in [0.717, 1.165) is 29.8 Å². The highest BCUT2D eigenvalue weighted by Gasteiger charge is 2.18. The summed E-state index contributed by atoms with van der Waals surface area (Å²) in [5, 5.41) is 4.14. The fraction of sp³-hybridized carbons (Fsp3) is 0.500. The maximum Gasteiger partial charge on any atom is 0.0801 e. The van der Waals surface area contributed by atoms with E-state index in [1.807, 2.05) is 11.3 Å². The van der Waals surface area contributed by atoms with E-state index in [4.69, 9.17) is 5.84 Å². The molecule has 0 amide bonds. The van der Waals surface area contributed by atoms with Crippen molar-refractivity contribution in [2.24, 2.45) is 5.84 Å². The lowest BCUT2D eigenvalue weighted by Crippen LogP contribution is -2.29. The maximum absolute atomic E-state index is 5.68. The molecule has 1 unspecified atom stereocenters. The van der Waals surface area contributed by atoms with E-state index in [1.54, 1.807) is 0 Å². The van der Waals surface area contributed by atoms with Crippen LogP contribution in [0.3, 0.4) is 0 Å². The molecule has 4 nitrogen and oxygen atoms in total. The number of aryl methyl sites for hydroxylation is 2. The summed E-state index contributed by atoms with van der Waals surface area (Å²) in [4.78, 5) is 3.93. The molecule has 0 aliphatic rings. The van der Waals surface area contributed by atoms with Crippen LogP contribution in [0.2, 0.25) is 0 Å². The first-order valence-corrected chi connectivity index (χ1v) is 7.72. The Morgan fingerprint density at radius 3 is 2.67 bits per heavy atom. The van der Waals surface area contributed by atoms with E-state index < -0.39 is 0 Å². The highest BCUT2D eigenvalue weighted by molar-refractivity contribution is 7.12. The normalized spacial score (nSPS) is 12.8. The van der Waals surface area contributed by atoms with E-state index >= 15 is 0 Å². The maximum atomic E-state index is 5.68. The van der Waals surface area contributed by atoms with Gasteiger partial charge in [0.1, 0.15) is 0 Å². The van der Waals surface area contributed by atoms with Crippen molar-refractivity contribution in [1.82, 2.24) is 15.0 Å². The van der Waals surface area contributed by atoms with Crippen molar-refractivity contribution in [3.63, 3.8) is 0 Å². The van der Waals surface area contributed by atoms with Crippen LogP contribution in [-0.4, -0.2) is 9.59 Å². The number of nitrogens with zero attached hydrogens (tertiary/aromatic N) is 2. The van der Waals surface area contributed by atoms with Gasteiger partial charge < -0.3 is 0 Å². The number of hydrogen-bond donors (Lipinski definition) is 2. The predicted octanol–water partition coefficient (Wildman–Crippen LogP) is 2.47. The number of thiophene rings is 1. The smallest absolute Gasteiger partial charge is 0.0801 e. The van der Waals surface area contributed by atoms with Crippen LogP contribution in [0.15, 0.2) is 12.1 Å². The Bertz CT molecular complexity index is 492. The highest BCUT2D eigenvalue weighted by Crippen LogP contribution is 2.27. The second-order valence-corrected chi connectivity index (χ2v) is 6.12. The first kappa shape index (κ1) is 13.6. The first-order chi connectivity index (χ1) is 8.78. The third kappa shape index (κ3) is 2.95. The summed E-state index contributed by atoms with van der Waals surface area (Å²) in [6.07, 6.45) is 2.89. The Balaban J connectivity index is 2.14. The van der Waals surface area contributed by atoms with Gasteiger partial charge in [0, 0.05) is 16.2 Å². The van der Waals surface area contributed by atoms with Gasteiger partial charge in [0.2, 0.25) is 0 Å². The molecule has 0 aromatic carbocycles. The molecular weight excluding hydrogens is 264 g/mol. The van der Waals surface area contributed by atoms with E-state index in [9.17, 15) is 0 Å². The minimum atomic E-state index is 0.114. The highest BCUT2D eigenvalue weighted by atomic mass is 32.1. The van der Waals surface area contributed by atoms with Crippen LogP contribution >= 0.6 is 22.9 Å². The number of nitrogens with one attached hydrogen (secondary N) is 1. The minimum absolute atomic E-state index is 0.114. The number of nitrogens with two attached hydrogens (primary N) is 1. The summed E-state index contributed by atoms with van der Waals surface area (Å²) in [5.74, 6) is 5.68. The zero-order chi connectivity index (χ0) is 13.0. The standard InChI is InChI=1S/C12H18N4S2/c1-3-8-5-6-9(17-8)7-11(14-13)12-10(4-2)15-16-18-12/h5-6,11,14H,3-4,7,13H2,1-2H3. The lowest BCUT2D eigenvalue weighted by Gasteiger charge is -2.13. The van der Waals surface area contributed by atoms with Crippen molar-refractivity contribution >= 4 is 22.9 Å². The molecule has 0 aliphatic carbocycles. The van der Waals surface area contributed by atoms with E-state index in [1.165, 1.54) is 21.3 Å². The van der Waals surface area contributed by atoms with Crippen LogP contribution in [0, 0.1) is 0 Å². The van der Waals surface area contributed by atoms with Gasteiger partial charge in [0.05, 0.1) is 16.6 Å². The van der Waals surface area contributed by atoms with Crippen molar-refractivity contribution < 1.29 is 0 Å². The molecule has 2 aromatic heterocycles. The van der Waals surface area contributed by atoms with E-state index in [2.05, 4.69) is 41.0 Å². The monoisotopic (exact) mass is 282 g/mol. The third-order valence-electron chi connectivity index (χ3n) is 2.91. The lowest BCUT2D eigenvalue weighted by molar-refractivity contribution is 0.559. The van der Waals surface area contributed by atoms with Crippen LogP contribution in [0.25, 0.3) is 0 Å². The molecule has 1 atom stereocenters. The number of hydrazine groups is 1. The quantitative estimate of drug-likeness (QED) is 0.631. The fourth-order valence-electron chi connectivity index (χ4n) is 1.88. The fourth-order valence-corrected chi connectivity index (χ4v) is 3.68. The molecule has 6 heteroatoms. The summed E-state index contributed by atoms with van der Waals surface area (Å²) < 4.78 is 4.02. The van der Waals surface area contributed by atoms with Crippen molar-refractivity contribution in [2.75, 3.05) is 0 Å². The second kappa shape index (κ2) is 6.38. The molecule has 0 aliphatic heterocycles. The molecule has 98 valence electrons. The van der Waals surface area contributed by atoms with Crippen molar-refractivity contribution in [3.8, 4) is 0 Å². The Labute approximate surface area is 115 Å². The topological polar surface area (TPSA) is 63.8 Å². The van der Waals surface area contributed by atoms with Gasteiger partial charge in [0.15, 0.2) is 0 Å². The van der Waals surface area contributed by atoms with Gasteiger partial charge >= 0.3 is 0 Å². The molecule has 18 heavy (non-hydrogen) atoms.